The van der Waals surface area contributed by atoms with Gasteiger partial charge >= 0.3 is 5.97 Å². The van der Waals surface area contributed by atoms with Gasteiger partial charge in [-0.1, -0.05) is 0 Å². The van der Waals surface area contributed by atoms with Gasteiger partial charge in [0.05, 0.1) is 17.8 Å². The molecule has 1 aliphatic heterocycles. The van der Waals surface area contributed by atoms with Crippen molar-refractivity contribution in [2.75, 3.05) is 13.1 Å². The Morgan fingerprint density at radius 3 is 2.69 bits per heavy atom. The minimum Gasteiger partial charge on any atom is -0.478 e. The van der Waals surface area contributed by atoms with Crippen molar-refractivity contribution in [3.8, 4) is 0 Å². The molecule has 0 unspecified atom stereocenters. The number of imidazole rings is 1. The number of rotatable bonds is 3. The first-order valence-corrected chi connectivity index (χ1v) is 8.53. The summed E-state index contributed by atoms with van der Waals surface area (Å²) < 4.78 is 3.54. The zero-order valence-corrected chi connectivity index (χ0v) is 14.4. The molecule has 0 aromatic carbocycles. The standard InChI is InChI=1S/C18H19N5O3/c1-12-2-5-22-11-15(20-16(22)8-12)17(24)21-6-3-14(4-7-21)23-10-13(9-19-23)18(25)26/h2,5,8-11,14H,3-4,6-7H2,1H3,(H,25,26). The van der Waals surface area contributed by atoms with Crippen LogP contribution < -0.4 is 0 Å². The number of carbonyl (C=O) groups is 2. The fourth-order valence-electron chi connectivity index (χ4n) is 3.33. The molecule has 0 spiro atoms. The van der Waals surface area contributed by atoms with E-state index in [0.717, 1.165) is 24.1 Å². The number of aromatic carboxylic acids is 1. The van der Waals surface area contributed by atoms with Gasteiger partial charge in [0.2, 0.25) is 0 Å². The third-order valence-electron chi connectivity index (χ3n) is 4.81. The first-order chi connectivity index (χ1) is 12.5. The van der Waals surface area contributed by atoms with Crippen molar-refractivity contribution in [1.29, 1.82) is 0 Å². The zero-order valence-electron chi connectivity index (χ0n) is 14.4. The molecule has 1 fully saturated rings. The van der Waals surface area contributed by atoms with Crippen LogP contribution in [0, 0.1) is 6.92 Å². The molecular formula is C18H19N5O3. The largest absolute Gasteiger partial charge is 0.478 e. The topological polar surface area (TPSA) is 92.7 Å². The smallest absolute Gasteiger partial charge is 0.338 e. The summed E-state index contributed by atoms with van der Waals surface area (Å²) in [6, 6.07) is 4.03. The van der Waals surface area contributed by atoms with Gasteiger partial charge in [-0.25, -0.2) is 9.78 Å². The van der Waals surface area contributed by atoms with Crippen molar-refractivity contribution >= 4 is 17.5 Å². The van der Waals surface area contributed by atoms with Crippen molar-refractivity contribution in [1.82, 2.24) is 24.1 Å². The molecule has 8 nitrogen and oxygen atoms in total. The first kappa shape index (κ1) is 16.3. The maximum Gasteiger partial charge on any atom is 0.338 e. The lowest BCUT2D eigenvalue weighted by Crippen LogP contribution is -2.39. The van der Waals surface area contributed by atoms with E-state index >= 15 is 0 Å². The van der Waals surface area contributed by atoms with Crippen molar-refractivity contribution in [2.45, 2.75) is 25.8 Å². The van der Waals surface area contributed by atoms with Crippen LogP contribution in [0.4, 0.5) is 0 Å². The number of nitrogens with zero attached hydrogens (tertiary/aromatic N) is 5. The molecular weight excluding hydrogens is 334 g/mol. The van der Waals surface area contributed by atoms with Gasteiger partial charge in [0.25, 0.3) is 5.91 Å². The minimum absolute atomic E-state index is 0.0727. The van der Waals surface area contributed by atoms with Crippen molar-refractivity contribution < 1.29 is 14.7 Å². The van der Waals surface area contributed by atoms with E-state index in [1.165, 1.54) is 6.20 Å². The quantitative estimate of drug-likeness (QED) is 0.777. The minimum atomic E-state index is -0.981. The van der Waals surface area contributed by atoms with Gasteiger partial charge in [-0.2, -0.15) is 5.10 Å². The summed E-state index contributed by atoms with van der Waals surface area (Å²) >= 11 is 0. The van der Waals surface area contributed by atoms with E-state index in [4.69, 9.17) is 5.11 Å². The van der Waals surface area contributed by atoms with Gasteiger partial charge in [0, 0.05) is 31.7 Å². The molecule has 26 heavy (non-hydrogen) atoms. The number of pyridine rings is 1. The highest BCUT2D eigenvalue weighted by atomic mass is 16.4. The van der Waals surface area contributed by atoms with Crippen molar-refractivity contribution in [3.63, 3.8) is 0 Å². The third-order valence-corrected chi connectivity index (χ3v) is 4.81. The Bertz CT molecular complexity index is 982. The number of carboxylic acid groups (broad SMARTS) is 1. The second-order valence-corrected chi connectivity index (χ2v) is 6.63. The van der Waals surface area contributed by atoms with E-state index in [9.17, 15) is 9.59 Å². The Morgan fingerprint density at radius 2 is 2.00 bits per heavy atom. The highest BCUT2D eigenvalue weighted by molar-refractivity contribution is 5.93. The number of fused-ring (bicyclic) bond motifs is 1. The fraction of sp³-hybridized carbons (Fsp3) is 0.333. The summed E-state index contributed by atoms with van der Waals surface area (Å²) in [6.45, 7) is 3.18. The molecule has 1 saturated heterocycles. The van der Waals surface area contributed by atoms with Crippen LogP contribution in [-0.2, 0) is 0 Å². The fourth-order valence-corrected chi connectivity index (χ4v) is 3.33. The number of likely N-dealkylation sites (tertiary alicyclic amines) is 1. The van der Waals surface area contributed by atoms with E-state index in [1.807, 2.05) is 29.7 Å². The van der Waals surface area contributed by atoms with Gasteiger partial charge < -0.3 is 14.4 Å². The van der Waals surface area contributed by atoms with E-state index in [-0.39, 0.29) is 17.5 Å². The molecule has 134 valence electrons. The summed E-state index contributed by atoms with van der Waals surface area (Å²) in [5, 5.41) is 13.1. The molecule has 4 heterocycles. The maximum atomic E-state index is 12.7. The number of hydrogen-bond acceptors (Lipinski definition) is 4. The lowest BCUT2D eigenvalue weighted by atomic mass is 10.0. The third kappa shape index (κ3) is 2.94. The van der Waals surface area contributed by atoms with Gasteiger partial charge in [-0.3, -0.25) is 9.48 Å². The molecule has 4 rings (SSSR count). The van der Waals surface area contributed by atoms with Crippen LogP contribution in [0.15, 0.2) is 36.9 Å². The molecule has 3 aromatic rings. The molecule has 1 N–H and O–H groups in total. The molecule has 3 aromatic heterocycles. The molecule has 0 aliphatic carbocycles. The Balaban J connectivity index is 1.44. The number of piperidine rings is 1. The van der Waals surface area contributed by atoms with Crippen LogP contribution in [0.1, 0.15) is 45.3 Å². The molecule has 0 atom stereocenters. The molecule has 8 heteroatoms. The zero-order chi connectivity index (χ0) is 18.3. The predicted octanol–water partition coefficient (Wildman–Crippen LogP) is 2.01. The molecule has 1 aliphatic rings. The Labute approximate surface area is 149 Å². The van der Waals surface area contributed by atoms with Crippen LogP contribution in [0.3, 0.4) is 0 Å². The van der Waals surface area contributed by atoms with E-state index < -0.39 is 5.97 Å². The van der Waals surface area contributed by atoms with Crippen LogP contribution in [0.5, 0.6) is 0 Å². The normalized spacial score (nSPS) is 15.5. The van der Waals surface area contributed by atoms with Gasteiger partial charge in [0.15, 0.2) is 0 Å². The summed E-state index contributed by atoms with van der Waals surface area (Å²) in [5.74, 6) is -1.05. The second-order valence-electron chi connectivity index (χ2n) is 6.63. The number of carboxylic acids is 1. The molecule has 0 radical (unpaired) electrons. The number of aryl methyl sites for hydroxylation is 1. The van der Waals surface area contributed by atoms with E-state index in [0.29, 0.717) is 18.8 Å². The SMILES string of the molecule is Cc1ccn2cc(C(=O)N3CCC(n4cc(C(=O)O)cn4)CC3)nc2c1. The average molecular weight is 353 g/mol. The lowest BCUT2D eigenvalue weighted by Gasteiger charge is -2.31. The van der Waals surface area contributed by atoms with Crippen LogP contribution in [0.25, 0.3) is 5.65 Å². The Morgan fingerprint density at radius 1 is 1.23 bits per heavy atom. The number of amides is 1. The van der Waals surface area contributed by atoms with Crippen molar-refractivity contribution in [3.05, 3.63) is 53.7 Å². The first-order valence-electron chi connectivity index (χ1n) is 8.53. The predicted molar refractivity (Wildman–Crippen MR) is 93.3 cm³/mol. The van der Waals surface area contributed by atoms with Gasteiger partial charge in [-0.05, 0) is 37.5 Å². The van der Waals surface area contributed by atoms with E-state index in [1.54, 1.807) is 22.0 Å². The molecule has 0 saturated carbocycles. The summed E-state index contributed by atoms with van der Waals surface area (Å²) in [4.78, 5) is 30.0. The average Bonchev–Trinajstić information content (AvgIpc) is 3.28. The van der Waals surface area contributed by atoms with Gasteiger partial charge in [-0.15, -0.1) is 0 Å². The Hall–Kier alpha value is -3.16. The summed E-state index contributed by atoms with van der Waals surface area (Å²) in [5.41, 5.74) is 2.49. The maximum absolute atomic E-state index is 12.7. The number of aromatic nitrogens is 4. The second kappa shape index (κ2) is 6.29. The van der Waals surface area contributed by atoms with Crippen LogP contribution in [-0.4, -0.2) is 54.1 Å². The highest BCUT2D eigenvalue weighted by Crippen LogP contribution is 2.23. The summed E-state index contributed by atoms with van der Waals surface area (Å²) in [6.07, 6.45) is 8.04. The van der Waals surface area contributed by atoms with Gasteiger partial charge in [0.1, 0.15) is 11.3 Å². The highest BCUT2D eigenvalue weighted by Gasteiger charge is 2.26. The van der Waals surface area contributed by atoms with E-state index in [2.05, 4.69) is 10.1 Å². The molecule has 1 amide bonds. The number of hydrogen-bond donors (Lipinski definition) is 1. The number of carbonyl (C=O) groups excluding carboxylic acids is 1. The monoisotopic (exact) mass is 353 g/mol. The Kier molecular flexibility index (Phi) is 3.95. The van der Waals surface area contributed by atoms with Crippen LogP contribution in [0.2, 0.25) is 0 Å². The summed E-state index contributed by atoms with van der Waals surface area (Å²) in [7, 11) is 0. The van der Waals surface area contributed by atoms with Crippen LogP contribution >= 0.6 is 0 Å². The van der Waals surface area contributed by atoms with Crippen molar-refractivity contribution in [2.24, 2.45) is 0 Å². The lowest BCUT2D eigenvalue weighted by molar-refractivity contribution is 0.0683. The molecule has 0 bridgehead atoms.